The van der Waals surface area contributed by atoms with E-state index in [2.05, 4.69) is 5.32 Å². The van der Waals surface area contributed by atoms with E-state index < -0.39 is 20.7 Å². The van der Waals surface area contributed by atoms with Crippen LogP contribution in [0.2, 0.25) is 5.02 Å². The van der Waals surface area contributed by atoms with Crippen molar-refractivity contribution in [2.45, 2.75) is 11.2 Å². The maximum absolute atomic E-state index is 13.2. The van der Waals surface area contributed by atoms with Gasteiger partial charge in [0.15, 0.2) is 16.2 Å². The Hall–Kier alpha value is -2.45. The second kappa shape index (κ2) is 6.56. The molecule has 28 heavy (non-hydrogen) atoms. The number of carbonyl (C=O) groups is 1. The number of hydrogen-bond acceptors (Lipinski definition) is 5. The summed E-state index contributed by atoms with van der Waals surface area (Å²) in [5.74, 6) is 0.196. The van der Waals surface area contributed by atoms with Gasteiger partial charge in [-0.25, -0.2) is 8.42 Å². The molecule has 2 aromatic carbocycles. The molecule has 0 spiro atoms. The lowest BCUT2D eigenvalue weighted by Crippen LogP contribution is -2.42. The Bertz CT molecular complexity index is 1040. The fourth-order valence-corrected chi connectivity index (χ4v) is 6.22. The molecular weight excluding hydrogens is 404 g/mol. The SMILES string of the molecule is COc1ccc(NC(=O)[C@]23C[C@@H]2CN(c2ccc(Cl)cc2)S3(=O)=O)cc1OC. The topological polar surface area (TPSA) is 84.9 Å². The molecule has 7 nitrogen and oxygen atoms in total. The van der Waals surface area contributed by atoms with E-state index in [1.54, 1.807) is 42.5 Å². The third-order valence-corrected chi connectivity index (χ3v) is 8.12. The molecule has 2 atom stereocenters. The van der Waals surface area contributed by atoms with Gasteiger partial charge >= 0.3 is 0 Å². The number of fused-ring (bicyclic) bond motifs is 1. The standard InChI is InChI=1S/C19H19ClN2O5S/c1-26-16-8-5-14(9-17(16)27-2)21-18(23)19-10-12(19)11-22(28(19,24)25)15-6-3-13(20)4-7-15/h3-9,12H,10-11H2,1-2H3,(H,21,23)/t12-,19+/m1/s1. The zero-order valence-electron chi connectivity index (χ0n) is 15.3. The predicted octanol–water partition coefficient (Wildman–Crippen LogP) is 2.90. The van der Waals surface area contributed by atoms with Gasteiger partial charge in [0.1, 0.15) is 0 Å². The Kier molecular flexibility index (Phi) is 4.43. The van der Waals surface area contributed by atoms with Crippen LogP contribution in [-0.4, -0.2) is 39.8 Å². The monoisotopic (exact) mass is 422 g/mol. The summed E-state index contributed by atoms with van der Waals surface area (Å²) in [4.78, 5) is 13.0. The first-order valence-corrected chi connectivity index (χ1v) is 10.5. The zero-order valence-corrected chi connectivity index (χ0v) is 16.9. The molecule has 2 aromatic rings. The molecule has 148 valence electrons. The first-order valence-electron chi connectivity index (χ1n) is 8.65. The number of hydrogen-bond donors (Lipinski definition) is 1. The van der Waals surface area contributed by atoms with E-state index in [1.807, 2.05) is 0 Å². The van der Waals surface area contributed by atoms with Gasteiger partial charge in [-0.3, -0.25) is 9.10 Å². The van der Waals surface area contributed by atoms with E-state index in [0.29, 0.717) is 34.3 Å². The normalized spacial score (nSPS) is 24.4. The summed E-state index contributed by atoms with van der Waals surface area (Å²) in [5.41, 5.74) is 0.956. The van der Waals surface area contributed by atoms with E-state index in [9.17, 15) is 13.2 Å². The van der Waals surface area contributed by atoms with Crippen LogP contribution in [0.25, 0.3) is 0 Å². The summed E-state index contributed by atoms with van der Waals surface area (Å²) in [5, 5.41) is 3.25. The minimum absolute atomic E-state index is 0.242. The number of methoxy groups -OCH3 is 2. The van der Waals surface area contributed by atoms with Crippen LogP contribution in [-0.2, 0) is 14.8 Å². The molecule has 1 amide bonds. The first-order chi connectivity index (χ1) is 13.3. The molecule has 1 aliphatic heterocycles. The number of anilines is 2. The number of ether oxygens (including phenoxy) is 2. The second-order valence-electron chi connectivity index (χ2n) is 6.83. The Balaban J connectivity index is 1.59. The van der Waals surface area contributed by atoms with Gasteiger partial charge in [-0.15, -0.1) is 0 Å². The lowest BCUT2D eigenvalue weighted by molar-refractivity contribution is -0.116. The highest BCUT2D eigenvalue weighted by Crippen LogP contribution is 2.58. The minimum atomic E-state index is -3.84. The first kappa shape index (κ1) is 18.9. The van der Waals surface area contributed by atoms with Crippen molar-refractivity contribution in [1.29, 1.82) is 0 Å². The average Bonchev–Trinajstić information content (AvgIpc) is 3.38. The van der Waals surface area contributed by atoms with Crippen molar-refractivity contribution in [3.05, 3.63) is 47.5 Å². The fourth-order valence-electron chi connectivity index (χ4n) is 3.73. The number of halogens is 1. The highest BCUT2D eigenvalue weighted by Gasteiger charge is 2.75. The van der Waals surface area contributed by atoms with Crippen LogP contribution >= 0.6 is 11.6 Å². The zero-order chi connectivity index (χ0) is 20.1. The molecule has 2 fully saturated rings. The Morgan fingerprint density at radius 2 is 1.82 bits per heavy atom. The molecule has 1 saturated heterocycles. The highest BCUT2D eigenvalue weighted by molar-refractivity contribution is 7.95. The van der Waals surface area contributed by atoms with Gasteiger partial charge in [0.25, 0.3) is 0 Å². The molecule has 0 unspecified atom stereocenters. The Morgan fingerprint density at radius 3 is 2.46 bits per heavy atom. The fraction of sp³-hybridized carbons (Fsp3) is 0.316. The van der Waals surface area contributed by atoms with Crippen molar-refractivity contribution in [2.24, 2.45) is 5.92 Å². The molecule has 0 radical (unpaired) electrons. The van der Waals surface area contributed by atoms with Gasteiger partial charge < -0.3 is 14.8 Å². The van der Waals surface area contributed by atoms with Crippen LogP contribution in [0, 0.1) is 5.92 Å². The largest absolute Gasteiger partial charge is 0.493 e. The number of rotatable bonds is 5. The van der Waals surface area contributed by atoms with Crippen molar-refractivity contribution in [1.82, 2.24) is 0 Å². The van der Waals surface area contributed by atoms with Crippen molar-refractivity contribution in [3.63, 3.8) is 0 Å². The van der Waals surface area contributed by atoms with E-state index in [1.165, 1.54) is 18.5 Å². The summed E-state index contributed by atoms with van der Waals surface area (Å²) >= 11 is 5.89. The van der Waals surface area contributed by atoms with Crippen LogP contribution in [0.1, 0.15) is 6.42 Å². The summed E-state index contributed by atoms with van der Waals surface area (Å²) < 4.78 is 36.6. The molecule has 1 heterocycles. The number of carbonyl (C=O) groups excluding carboxylic acids is 1. The van der Waals surface area contributed by atoms with Gasteiger partial charge in [0.2, 0.25) is 15.9 Å². The van der Waals surface area contributed by atoms with Gasteiger partial charge in [-0.2, -0.15) is 0 Å². The molecule has 1 N–H and O–H groups in total. The van der Waals surface area contributed by atoms with E-state index >= 15 is 0 Å². The van der Waals surface area contributed by atoms with Gasteiger partial charge in [0.05, 0.1) is 19.9 Å². The minimum Gasteiger partial charge on any atom is -0.493 e. The molecule has 4 rings (SSSR count). The number of nitrogens with one attached hydrogen (secondary N) is 1. The summed E-state index contributed by atoms with van der Waals surface area (Å²) in [6.45, 7) is 0.281. The van der Waals surface area contributed by atoms with E-state index in [0.717, 1.165) is 0 Å². The Labute approximate surface area is 168 Å². The van der Waals surface area contributed by atoms with Crippen LogP contribution in [0.15, 0.2) is 42.5 Å². The van der Waals surface area contributed by atoms with Crippen LogP contribution in [0.3, 0.4) is 0 Å². The third kappa shape index (κ3) is 2.70. The average molecular weight is 423 g/mol. The molecule has 1 saturated carbocycles. The smallest absolute Gasteiger partial charge is 0.250 e. The van der Waals surface area contributed by atoms with Gasteiger partial charge in [-0.1, -0.05) is 11.6 Å². The van der Waals surface area contributed by atoms with E-state index in [4.69, 9.17) is 21.1 Å². The van der Waals surface area contributed by atoms with Crippen LogP contribution in [0.4, 0.5) is 11.4 Å². The summed E-state index contributed by atoms with van der Waals surface area (Å²) in [7, 11) is -0.840. The molecule has 9 heteroatoms. The van der Waals surface area contributed by atoms with Crippen molar-refractivity contribution >= 4 is 38.9 Å². The predicted molar refractivity (Wildman–Crippen MR) is 107 cm³/mol. The number of amides is 1. The molecule has 1 aliphatic carbocycles. The number of benzene rings is 2. The van der Waals surface area contributed by atoms with Crippen molar-refractivity contribution in [2.75, 3.05) is 30.4 Å². The maximum Gasteiger partial charge on any atom is 0.250 e. The summed E-state index contributed by atoms with van der Waals surface area (Å²) in [6.07, 6.45) is 0.318. The maximum atomic E-state index is 13.2. The lowest BCUT2D eigenvalue weighted by atomic mass is 10.2. The van der Waals surface area contributed by atoms with Crippen LogP contribution < -0.4 is 19.1 Å². The number of sulfonamides is 1. The van der Waals surface area contributed by atoms with Gasteiger partial charge in [0, 0.05) is 29.2 Å². The Morgan fingerprint density at radius 1 is 1.14 bits per heavy atom. The third-order valence-electron chi connectivity index (χ3n) is 5.33. The van der Waals surface area contributed by atoms with Crippen LogP contribution in [0.5, 0.6) is 11.5 Å². The van der Waals surface area contributed by atoms with Crippen molar-refractivity contribution < 1.29 is 22.7 Å². The highest BCUT2D eigenvalue weighted by atomic mass is 35.5. The second-order valence-corrected chi connectivity index (χ2v) is 9.38. The number of nitrogens with zero attached hydrogens (tertiary/aromatic N) is 1. The summed E-state index contributed by atoms with van der Waals surface area (Å²) in [6, 6.07) is 11.4. The lowest BCUT2D eigenvalue weighted by Gasteiger charge is -2.23. The van der Waals surface area contributed by atoms with Crippen molar-refractivity contribution in [3.8, 4) is 11.5 Å². The quantitative estimate of drug-likeness (QED) is 0.800. The molecular formula is C19H19ClN2O5S. The molecule has 2 aliphatic rings. The molecule has 0 aromatic heterocycles. The van der Waals surface area contributed by atoms with Gasteiger partial charge in [-0.05, 0) is 42.8 Å². The molecule has 0 bridgehead atoms. The van der Waals surface area contributed by atoms with E-state index in [-0.39, 0.29) is 12.5 Å².